The number of amides is 1. The minimum atomic E-state index is -1.54. The molecule has 36 heavy (non-hydrogen) atoms. The lowest BCUT2D eigenvalue weighted by Crippen LogP contribution is -2.36. The predicted octanol–water partition coefficient (Wildman–Crippen LogP) is 3.13. The molecule has 0 spiro atoms. The van der Waals surface area contributed by atoms with E-state index in [9.17, 15) is 4.79 Å². The van der Waals surface area contributed by atoms with Gasteiger partial charge in [0.1, 0.15) is 6.10 Å². The number of carbonyl (C=O) groups is 1. The van der Waals surface area contributed by atoms with Crippen molar-refractivity contribution < 1.29 is 18.7 Å². The number of rotatable bonds is 6. The van der Waals surface area contributed by atoms with E-state index in [0.29, 0.717) is 17.5 Å². The summed E-state index contributed by atoms with van der Waals surface area (Å²) in [7, 11) is 1.88. The second-order valence-electron chi connectivity index (χ2n) is 9.09. The molecule has 13 heteroatoms. The number of fused-ring (bicyclic) bond motifs is 1. The highest BCUT2D eigenvalue weighted by molar-refractivity contribution is 5.80. The third-order valence-electron chi connectivity index (χ3n) is 5.98. The van der Waals surface area contributed by atoms with Gasteiger partial charge < -0.3 is 20.1 Å². The number of alkyl halides is 1. The highest BCUT2D eigenvalue weighted by Crippen LogP contribution is 2.34. The van der Waals surface area contributed by atoms with Gasteiger partial charge in [-0.15, -0.1) is 0 Å². The zero-order valence-electron chi connectivity index (χ0n) is 20.6. The molecular formula is C23H28FN9O3. The Morgan fingerprint density at radius 1 is 1.36 bits per heavy atom. The summed E-state index contributed by atoms with van der Waals surface area (Å²) in [6.07, 6.45) is 1.13. The fraction of sp³-hybridized carbons (Fsp3) is 0.435. The Balaban J connectivity index is 1.36. The maximum atomic E-state index is 15.0. The lowest BCUT2D eigenvalue weighted by atomic mass is 10.1. The zero-order valence-corrected chi connectivity index (χ0v) is 20.6. The predicted molar refractivity (Wildman–Crippen MR) is 129 cm³/mol. The van der Waals surface area contributed by atoms with E-state index in [1.807, 2.05) is 25.3 Å². The van der Waals surface area contributed by atoms with Crippen molar-refractivity contribution >= 4 is 23.5 Å². The highest BCUT2D eigenvalue weighted by atomic mass is 19.1. The largest absolute Gasteiger partial charge is 0.441 e. The van der Waals surface area contributed by atoms with Crippen molar-refractivity contribution in [2.75, 3.05) is 11.9 Å². The van der Waals surface area contributed by atoms with Crippen LogP contribution in [0, 0.1) is 13.8 Å². The Morgan fingerprint density at radius 3 is 2.89 bits per heavy atom. The average Bonchev–Trinajstić information content (AvgIpc) is 3.59. The van der Waals surface area contributed by atoms with Crippen molar-refractivity contribution in [3.05, 3.63) is 41.6 Å². The van der Waals surface area contributed by atoms with Gasteiger partial charge in [-0.1, -0.05) is 0 Å². The molecule has 5 heterocycles. The molecule has 1 fully saturated rings. The van der Waals surface area contributed by atoms with Crippen LogP contribution in [0.3, 0.4) is 0 Å². The fourth-order valence-corrected chi connectivity index (χ4v) is 4.37. The lowest BCUT2D eigenvalue weighted by Gasteiger charge is -2.16. The molecule has 0 bridgehead atoms. The third-order valence-corrected chi connectivity index (χ3v) is 5.98. The molecule has 1 amide bonds. The van der Waals surface area contributed by atoms with Gasteiger partial charge in [0.25, 0.3) is 0 Å². The van der Waals surface area contributed by atoms with Crippen LogP contribution >= 0.6 is 0 Å². The Kier molecular flexibility index (Phi) is 6.08. The molecule has 0 radical (unpaired) electrons. The number of halogens is 1. The van der Waals surface area contributed by atoms with Gasteiger partial charge in [0.05, 0.1) is 35.4 Å². The van der Waals surface area contributed by atoms with Crippen LogP contribution in [0.25, 0.3) is 16.9 Å². The first-order chi connectivity index (χ1) is 17.2. The SMILES string of the molecule is Cc1cnn(C)c1-c1c(C)nc(Nc2cc([C@@H]3OC[C@H](OC(=O)NC(C)C)[C@@H]3F)[nH]n2)n2ccnc12. The summed E-state index contributed by atoms with van der Waals surface area (Å²) in [5.74, 6) is 0.923. The van der Waals surface area contributed by atoms with Crippen LogP contribution in [-0.2, 0) is 16.5 Å². The number of hydrogen-bond acceptors (Lipinski definition) is 8. The number of nitrogens with zero attached hydrogens (tertiary/aromatic N) is 6. The molecule has 0 unspecified atom stereocenters. The monoisotopic (exact) mass is 497 g/mol. The third kappa shape index (κ3) is 4.26. The number of nitrogens with one attached hydrogen (secondary N) is 3. The van der Waals surface area contributed by atoms with Gasteiger partial charge in [0.2, 0.25) is 5.95 Å². The number of hydrogen-bond donors (Lipinski definition) is 3. The second kappa shape index (κ2) is 9.22. The molecule has 4 aromatic heterocycles. The Labute approximate surface area is 206 Å². The first-order valence-corrected chi connectivity index (χ1v) is 11.6. The van der Waals surface area contributed by atoms with E-state index in [4.69, 9.17) is 14.5 Å². The highest BCUT2D eigenvalue weighted by Gasteiger charge is 2.42. The first kappa shape index (κ1) is 23.7. The summed E-state index contributed by atoms with van der Waals surface area (Å²) in [6.45, 7) is 7.44. The van der Waals surface area contributed by atoms with Crippen molar-refractivity contribution in [3.8, 4) is 11.3 Å². The van der Waals surface area contributed by atoms with Crippen molar-refractivity contribution in [2.45, 2.75) is 52.1 Å². The van der Waals surface area contributed by atoms with Crippen LogP contribution in [0.2, 0.25) is 0 Å². The summed E-state index contributed by atoms with van der Waals surface area (Å²) in [5.41, 5.74) is 4.75. The number of aromatic amines is 1. The van der Waals surface area contributed by atoms with E-state index < -0.39 is 24.5 Å². The van der Waals surface area contributed by atoms with E-state index in [-0.39, 0.29) is 12.6 Å². The standard InChI is InChI=1S/C23H28FN9O3/c1-11(2)27-23(34)36-15-10-35-20(18(15)24)14-8-16(31-30-14)29-22-28-13(4)17(21-25-6-7-33(21)22)19-12(3)9-26-32(19)5/h6-9,11,15,18,20H,10H2,1-5H3,(H,27,34)(H2,28,29,30,31)/t15-,18-,20-/m0/s1. The molecule has 1 aliphatic heterocycles. The Morgan fingerprint density at radius 2 is 2.17 bits per heavy atom. The molecule has 0 aliphatic carbocycles. The van der Waals surface area contributed by atoms with E-state index in [2.05, 4.69) is 30.9 Å². The molecule has 1 saturated heterocycles. The maximum absolute atomic E-state index is 15.0. The normalized spacial score (nSPS) is 19.8. The molecule has 12 nitrogen and oxygen atoms in total. The van der Waals surface area contributed by atoms with Crippen molar-refractivity contribution in [3.63, 3.8) is 0 Å². The van der Waals surface area contributed by atoms with Crippen LogP contribution in [0.5, 0.6) is 0 Å². The van der Waals surface area contributed by atoms with Gasteiger partial charge in [-0.3, -0.25) is 14.2 Å². The topological polar surface area (TPSA) is 136 Å². The number of alkyl carbamates (subject to hydrolysis) is 1. The molecular weight excluding hydrogens is 469 g/mol. The summed E-state index contributed by atoms with van der Waals surface area (Å²) in [6, 6.07) is 1.53. The van der Waals surface area contributed by atoms with Crippen molar-refractivity contribution in [2.24, 2.45) is 7.05 Å². The second-order valence-corrected chi connectivity index (χ2v) is 9.09. The number of anilines is 2. The van der Waals surface area contributed by atoms with Gasteiger partial charge >= 0.3 is 6.09 Å². The Bertz CT molecular complexity index is 1390. The molecule has 0 saturated carbocycles. The van der Waals surface area contributed by atoms with Gasteiger partial charge in [-0.25, -0.2) is 19.2 Å². The average molecular weight is 498 g/mol. The van der Waals surface area contributed by atoms with Gasteiger partial charge in [-0.2, -0.15) is 10.2 Å². The minimum absolute atomic E-state index is 0.0512. The van der Waals surface area contributed by atoms with Gasteiger partial charge in [-0.05, 0) is 33.3 Å². The van der Waals surface area contributed by atoms with E-state index >= 15 is 4.39 Å². The summed E-state index contributed by atoms with van der Waals surface area (Å²) in [4.78, 5) is 21.1. The summed E-state index contributed by atoms with van der Waals surface area (Å²) in [5, 5.41) is 17.2. The zero-order chi connectivity index (χ0) is 25.6. The first-order valence-electron chi connectivity index (χ1n) is 11.6. The lowest BCUT2D eigenvalue weighted by molar-refractivity contribution is 0.0615. The van der Waals surface area contributed by atoms with Crippen LogP contribution in [0.15, 0.2) is 24.7 Å². The fourth-order valence-electron chi connectivity index (χ4n) is 4.37. The van der Waals surface area contributed by atoms with Gasteiger partial charge in [0, 0.05) is 31.5 Å². The number of H-pyrrole nitrogens is 1. The number of imidazole rings is 1. The quantitative estimate of drug-likeness (QED) is 0.370. The van der Waals surface area contributed by atoms with Crippen molar-refractivity contribution in [1.82, 2.24) is 39.7 Å². The van der Waals surface area contributed by atoms with Crippen LogP contribution in [-0.4, -0.2) is 65.4 Å². The van der Waals surface area contributed by atoms with Crippen LogP contribution in [0.1, 0.15) is 36.9 Å². The number of aryl methyl sites for hydroxylation is 3. The Hall–Kier alpha value is -4.00. The van der Waals surface area contributed by atoms with Gasteiger partial charge in [0.15, 0.2) is 23.7 Å². The molecule has 3 N–H and O–H groups in total. The molecule has 3 atom stereocenters. The van der Waals surface area contributed by atoms with E-state index in [1.165, 1.54) is 0 Å². The van der Waals surface area contributed by atoms with Crippen LogP contribution in [0.4, 0.5) is 21.0 Å². The molecule has 1 aliphatic rings. The molecule has 4 aromatic rings. The molecule has 5 rings (SSSR count). The smallest absolute Gasteiger partial charge is 0.407 e. The van der Waals surface area contributed by atoms with E-state index in [0.717, 1.165) is 28.2 Å². The van der Waals surface area contributed by atoms with Crippen LogP contribution < -0.4 is 10.6 Å². The molecule has 0 aromatic carbocycles. The number of carbonyl (C=O) groups excluding carboxylic acids is 1. The summed E-state index contributed by atoms with van der Waals surface area (Å²) < 4.78 is 29.4. The van der Waals surface area contributed by atoms with Crippen molar-refractivity contribution in [1.29, 1.82) is 0 Å². The minimum Gasteiger partial charge on any atom is -0.441 e. The summed E-state index contributed by atoms with van der Waals surface area (Å²) >= 11 is 0. The van der Waals surface area contributed by atoms with E-state index in [1.54, 1.807) is 43.2 Å². The maximum Gasteiger partial charge on any atom is 0.407 e. The molecule has 190 valence electrons. The number of ether oxygens (including phenoxy) is 2. The number of aromatic nitrogens is 7.